The highest BCUT2D eigenvalue weighted by molar-refractivity contribution is 6.40. The van der Waals surface area contributed by atoms with Crippen LogP contribution in [0, 0.1) is 0 Å². The Hall–Kier alpha value is -4.89. The van der Waals surface area contributed by atoms with E-state index in [9.17, 15) is 32.3 Å². The molecule has 1 saturated heterocycles. The molecule has 2 aromatic carbocycles. The lowest BCUT2D eigenvalue weighted by Gasteiger charge is -2.33. The first-order valence-corrected chi connectivity index (χ1v) is 13.7. The van der Waals surface area contributed by atoms with Gasteiger partial charge in [-0.2, -0.15) is 18.3 Å². The maximum atomic E-state index is 13.0. The van der Waals surface area contributed by atoms with Crippen molar-refractivity contribution in [1.29, 1.82) is 0 Å². The van der Waals surface area contributed by atoms with Gasteiger partial charge < -0.3 is 26.0 Å². The van der Waals surface area contributed by atoms with Gasteiger partial charge in [0.2, 0.25) is 5.91 Å². The summed E-state index contributed by atoms with van der Waals surface area (Å²) < 4.78 is 31.7. The molecule has 1 fully saturated rings. The van der Waals surface area contributed by atoms with Gasteiger partial charge in [0.15, 0.2) is 0 Å². The maximum absolute atomic E-state index is 13.0. The van der Waals surface area contributed by atoms with Gasteiger partial charge in [-0.3, -0.25) is 24.3 Å². The van der Waals surface area contributed by atoms with Crippen LogP contribution in [0.1, 0.15) is 44.0 Å². The molecule has 17 heteroatoms. The number of carbonyl (C=O) groups excluding carboxylic acids is 4. The molecule has 0 unspecified atom stereocenters. The fourth-order valence-corrected chi connectivity index (χ4v) is 4.63. The molecular weight excluding hydrogens is 644 g/mol. The Morgan fingerprint density at radius 3 is 2.22 bits per heavy atom. The molecule has 4 rings (SSSR count). The summed E-state index contributed by atoms with van der Waals surface area (Å²) in [6.07, 6.45) is -1.24. The number of hydrogen-bond donors (Lipinski definition) is 5. The molecular formula is C28H25Cl2F3N6O6. The van der Waals surface area contributed by atoms with E-state index in [1.54, 1.807) is 35.2 Å². The number of anilines is 2. The lowest BCUT2D eigenvalue weighted by atomic mass is 10.0. The van der Waals surface area contributed by atoms with Crippen LogP contribution in [0.2, 0.25) is 10.0 Å². The number of benzene rings is 2. The molecule has 2 heterocycles. The Bertz CT molecular complexity index is 1580. The third-order valence-electron chi connectivity index (χ3n) is 6.18. The molecule has 45 heavy (non-hydrogen) atoms. The monoisotopic (exact) mass is 668 g/mol. The minimum atomic E-state index is -5.08. The average molecular weight is 669 g/mol. The van der Waals surface area contributed by atoms with Crippen LogP contribution >= 0.6 is 23.2 Å². The largest absolute Gasteiger partial charge is 0.490 e. The summed E-state index contributed by atoms with van der Waals surface area (Å²) in [7, 11) is 0. The van der Waals surface area contributed by atoms with Crippen molar-refractivity contribution in [3.05, 3.63) is 88.2 Å². The normalized spacial score (nSPS) is 14.3. The zero-order chi connectivity index (χ0) is 33.3. The van der Waals surface area contributed by atoms with Gasteiger partial charge in [0.05, 0.1) is 27.5 Å². The van der Waals surface area contributed by atoms with E-state index in [-0.39, 0.29) is 44.8 Å². The average Bonchev–Trinajstić information content (AvgIpc) is 3.45. The predicted octanol–water partition coefficient (Wildman–Crippen LogP) is 4.76. The molecule has 0 bridgehead atoms. The predicted molar refractivity (Wildman–Crippen MR) is 158 cm³/mol. The van der Waals surface area contributed by atoms with Crippen LogP contribution in [0.25, 0.3) is 0 Å². The number of amides is 4. The highest BCUT2D eigenvalue weighted by Gasteiger charge is 2.38. The summed E-state index contributed by atoms with van der Waals surface area (Å²) in [5, 5.41) is 22.1. The fraction of sp³-hybridized carbons (Fsp3) is 0.214. The van der Waals surface area contributed by atoms with E-state index < -0.39 is 24.0 Å². The molecule has 0 aliphatic carbocycles. The number of hydrogen-bond acceptors (Lipinski definition) is 6. The molecule has 0 radical (unpaired) electrons. The first kappa shape index (κ1) is 34.6. The summed E-state index contributed by atoms with van der Waals surface area (Å²) >= 11 is 12.2. The van der Waals surface area contributed by atoms with E-state index in [2.05, 4.69) is 32.7 Å². The molecule has 1 aliphatic heterocycles. The first-order chi connectivity index (χ1) is 21.2. The molecule has 0 saturated carbocycles. The number of carboxylic acids is 1. The van der Waals surface area contributed by atoms with E-state index in [0.717, 1.165) is 6.08 Å². The fourth-order valence-electron chi connectivity index (χ4n) is 4.06. The van der Waals surface area contributed by atoms with Crippen LogP contribution < -0.4 is 16.0 Å². The number of carbonyl (C=O) groups is 5. The topological polar surface area (TPSA) is 174 Å². The molecule has 4 amide bonds. The number of rotatable bonds is 7. The number of nitrogens with zero attached hydrogens (tertiary/aromatic N) is 2. The molecule has 1 atom stereocenters. The van der Waals surface area contributed by atoms with Gasteiger partial charge in [0.25, 0.3) is 17.7 Å². The van der Waals surface area contributed by atoms with Crippen molar-refractivity contribution in [3.63, 3.8) is 0 Å². The molecule has 0 spiro atoms. The second-order valence-corrected chi connectivity index (χ2v) is 10.2. The Balaban J connectivity index is 0.000000707. The zero-order valence-electron chi connectivity index (χ0n) is 23.1. The van der Waals surface area contributed by atoms with Crippen molar-refractivity contribution in [1.82, 2.24) is 20.4 Å². The standard InChI is InChI=1S/C26H24Cl2N6O4.C2HF3O2/c1-2-21(35)30-16-10-8-15(9-11-16)26(38)34-12-4-5-17(14-34)31-25(37)23-20(13-29-33-23)32-24(36)22-18(27)6-3-7-19(22)28;3-2(4,5)1(6)7/h2-3,6-11,13,17H,1,4-5,12,14H2,(H,29,33)(H,30,35)(H,31,37)(H,32,36);(H,6,7)/t17-;/m1./s1. The number of H-pyrrole nitrogens is 1. The number of aromatic nitrogens is 2. The summed E-state index contributed by atoms with van der Waals surface area (Å²) in [4.78, 5) is 60.8. The molecule has 5 N–H and O–H groups in total. The van der Waals surface area contributed by atoms with Crippen molar-refractivity contribution in [3.8, 4) is 0 Å². The molecule has 12 nitrogen and oxygen atoms in total. The van der Waals surface area contributed by atoms with Crippen LogP contribution in [0.4, 0.5) is 24.5 Å². The number of likely N-dealkylation sites (tertiary alicyclic amines) is 1. The van der Waals surface area contributed by atoms with Gasteiger partial charge in [0, 0.05) is 30.4 Å². The number of carboxylic acid groups (broad SMARTS) is 1. The van der Waals surface area contributed by atoms with Crippen LogP contribution in [0.3, 0.4) is 0 Å². The van der Waals surface area contributed by atoms with Gasteiger partial charge in [-0.05, 0) is 55.3 Å². The van der Waals surface area contributed by atoms with Gasteiger partial charge in [0.1, 0.15) is 5.69 Å². The summed E-state index contributed by atoms with van der Waals surface area (Å²) in [5.74, 6) is -4.35. The van der Waals surface area contributed by atoms with Crippen LogP contribution in [0.5, 0.6) is 0 Å². The number of halogens is 5. The van der Waals surface area contributed by atoms with E-state index in [1.165, 1.54) is 18.3 Å². The van der Waals surface area contributed by atoms with Crippen molar-refractivity contribution in [2.75, 3.05) is 23.7 Å². The third kappa shape index (κ3) is 9.55. The first-order valence-electron chi connectivity index (χ1n) is 12.9. The molecule has 3 aromatic rings. The van der Waals surface area contributed by atoms with Crippen molar-refractivity contribution in [2.24, 2.45) is 0 Å². The third-order valence-corrected chi connectivity index (χ3v) is 6.81. The van der Waals surface area contributed by atoms with Gasteiger partial charge in [-0.25, -0.2) is 4.79 Å². The van der Waals surface area contributed by atoms with Crippen molar-refractivity contribution >= 4 is 64.2 Å². The number of aliphatic carboxylic acids is 1. The van der Waals surface area contributed by atoms with E-state index >= 15 is 0 Å². The smallest absolute Gasteiger partial charge is 0.475 e. The molecule has 1 aliphatic rings. The van der Waals surface area contributed by atoms with E-state index in [0.29, 0.717) is 37.2 Å². The number of piperidine rings is 1. The Kier molecular flexibility index (Phi) is 11.7. The van der Waals surface area contributed by atoms with E-state index in [4.69, 9.17) is 33.1 Å². The minimum absolute atomic E-state index is 0.0575. The maximum Gasteiger partial charge on any atom is 0.490 e. The van der Waals surface area contributed by atoms with Crippen molar-refractivity contribution < 1.29 is 42.3 Å². The highest BCUT2D eigenvalue weighted by Crippen LogP contribution is 2.26. The van der Waals surface area contributed by atoms with Crippen LogP contribution in [0.15, 0.2) is 61.3 Å². The van der Waals surface area contributed by atoms with Gasteiger partial charge in [-0.1, -0.05) is 35.8 Å². The number of nitrogens with one attached hydrogen (secondary N) is 4. The SMILES string of the molecule is C=CC(=O)Nc1ccc(C(=O)N2CCC[C@@H](NC(=O)c3[nH]ncc3NC(=O)c3c(Cl)cccc3Cl)C2)cc1.O=C(O)C(F)(F)F. The van der Waals surface area contributed by atoms with Gasteiger partial charge in [-0.15, -0.1) is 0 Å². The lowest BCUT2D eigenvalue weighted by molar-refractivity contribution is -0.192. The lowest BCUT2D eigenvalue weighted by Crippen LogP contribution is -2.49. The second kappa shape index (κ2) is 15.2. The van der Waals surface area contributed by atoms with Gasteiger partial charge >= 0.3 is 12.1 Å². The van der Waals surface area contributed by atoms with Crippen LogP contribution in [-0.2, 0) is 9.59 Å². The summed E-state index contributed by atoms with van der Waals surface area (Å²) in [5.41, 5.74) is 1.32. The Morgan fingerprint density at radius 1 is 1.02 bits per heavy atom. The van der Waals surface area contributed by atoms with Crippen molar-refractivity contribution in [2.45, 2.75) is 25.1 Å². The highest BCUT2D eigenvalue weighted by atomic mass is 35.5. The number of alkyl halides is 3. The number of aromatic amines is 1. The minimum Gasteiger partial charge on any atom is -0.475 e. The quantitative estimate of drug-likeness (QED) is 0.226. The Labute approximate surface area is 263 Å². The second-order valence-electron chi connectivity index (χ2n) is 9.35. The van der Waals surface area contributed by atoms with E-state index in [1.807, 2.05) is 0 Å². The zero-order valence-corrected chi connectivity index (χ0v) is 24.6. The summed E-state index contributed by atoms with van der Waals surface area (Å²) in [6.45, 7) is 4.26. The molecule has 238 valence electrons. The molecule has 1 aromatic heterocycles. The van der Waals surface area contributed by atoms with Crippen LogP contribution in [-0.4, -0.2) is 75.1 Å². The summed E-state index contributed by atoms with van der Waals surface area (Å²) in [6, 6.07) is 10.9. The Morgan fingerprint density at radius 2 is 1.64 bits per heavy atom.